The lowest BCUT2D eigenvalue weighted by atomic mass is 9.78. The first-order valence-corrected chi connectivity index (χ1v) is 14.8. The highest BCUT2D eigenvalue weighted by Gasteiger charge is 2.22. The Morgan fingerprint density at radius 2 is 1.07 bits per heavy atom. The van der Waals surface area contributed by atoms with Crippen LogP contribution in [0.25, 0.3) is 45.3 Å². The van der Waals surface area contributed by atoms with Crippen molar-refractivity contribution in [3.8, 4) is 45.3 Å². The molecule has 0 aliphatic carbocycles. The fraction of sp³-hybridized carbons (Fsp3) is 0.256. The summed E-state index contributed by atoms with van der Waals surface area (Å²) in [4.78, 5) is 14.8. The van der Waals surface area contributed by atoms with E-state index in [-0.39, 0.29) is 10.8 Å². The molecule has 0 saturated heterocycles. The van der Waals surface area contributed by atoms with E-state index < -0.39 is 0 Å². The van der Waals surface area contributed by atoms with Gasteiger partial charge in [0.1, 0.15) is 0 Å². The van der Waals surface area contributed by atoms with E-state index in [4.69, 9.17) is 15.0 Å². The van der Waals surface area contributed by atoms with Crippen molar-refractivity contribution >= 4 is 0 Å². The summed E-state index contributed by atoms with van der Waals surface area (Å²) in [6.07, 6.45) is 3.07. The molecule has 5 rings (SSSR count). The van der Waals surface area contributed by atoms with Crippen LogP contribution in [0.5, 0.6) is 0 Å². The molecule has 0 bridgehead atoms. The number of allylic oxidation sites excluding steroid dienone is 1. The van der Waals surface area contributed by atoms with E-state index in [0.717, 1.165) is 23.1 Å². The van der Waals surface area contributed by atoms with Crippen LogP contribution in [0.3, 0.4) is 0 Å². The second-order valence-electron chi connectivity index (χ2n) is 12.5. The second-order valence-corrected chi connectivity index (χ2v) is 12.5. The fourth-order valence-corrected chi connectivity index (χ4v) is 5.30. The normalized spacial score (nSPS) is 11.9. The number of aryl methyl sites for hydroxylation is 1. The van der Waals surface area contributed by atoms with Gasteiger partial charge in [-0.05, 0) is 53.5 Å². The molecule has 0 N–H and O–H groups in total. The molecule has 0 atom stereocenters. The van der Waals surface area contributed by atoms with E-state index in [9.17, 15) is 0 Å². The third-order valence-corrected chi connectivity index (χ3v) is 8.74. The summed E-state index contributed by atoms with van der Waals surface area (Å²) < 4.78 is 0. The average molecular weight is 552 g/mol. The van der Waals surface area contributed by atoms with E-state index in [2.05, 4.69) is 146 Å². The number of aromatic nitrogens is 3. The van der Waals surface area contributed by atoms with Gasteiger partial charge >= 0.3 is 0 Å². The van der Waals surface area contributed by atoms with Gasteiger partial charge in [-0.25, -0.2) is 15.0 Å². The van der Waals surface area contributed by atoms with Gasteiger partial charge in [0.15, 0.2) is 17.5 Å². The molecule has 4 aromatic carbocycles. The molecular formula is C39H41N3. The molecule has 0 aliphatic rings. The van der Waals surface area contributed by atoms with E-state index in [1.807, 2.05) is 6.08 Å². The largest absolute Gasteiger partial charge is 0.208 e. The van der Waals surface area contributed by atoms with E-state index in [1.165, 1.54) is 33.4 Å². The van der Waals surface area contributed by atoms with E-state index in [0.29, 0.717) is 17.5 Å². The minimum Gasteiger partial charge on any atom is -0.208 e. The van der Waals surface area contributed by atoms with Gasteiger partial charge in [0, 0.05) is 22.1 Å². The zero-order valence-electron chi connectivity index (χ0n) is 26.0. The van der Waals surface area contributed by atoms with Crippen LogP contribution in [0.2, 0.25) is 0 Å². The Labute approximate surface area is 251 Å². The van der Waals surface area contributed by atoms with Gasteiger partial charge in [-0.3, -0.25) is 0 Å². The topological polar surface area (TPSA) is 38.7 Å². The summed E-state index contributed by atoms with van der Waals surface area (Å²) in [5.74, 6) is 1.99. The molecule has 3 heteroatoms. The van der Waals surface area contributed by atoms with Crippen LogP contribution in [-0.4, -0.2) is 15.0 Å². The van der Waals surface area contributed by atoms with Crippen molar-refractivity contribution in [1.29, 1.82) is 0 Å². The predicted molar refractivity (Wildman–Crippen MR) is 178 cm³/mol. The van der Waals surface area contributed by atoms with Crippen LogP contribution in [0.15, 0.2) is 104 Å². The van der Waals surface area contributed by atoms with Gasteiger partial charge < -0.3 is 0 Å². The van der Waals surface area contributed by atoms with Gasteiger partial charge in [0.25, 0.3) is 0 Å². The maximum Gasteiger partial charge on any atom is 0.164 e. The van der Waals surface area contributed by atoms with Gasteiger partial charge in [-0.2, -0.15) is 0 Å². The van der Waals surface area contributed by atoms with Crippen LogP contribution in [0.1, 0.15) is 63.3 Å². The molecule has 0 spiro atoms. The third kappa shape index (κ3) is 5.83. The van der Waals surface area contributed by atoms with Crippen LogP contribution in [0.4, 0.5) is 0 Å². The lowest BCUT2D eigenvalue weighted by Crippen LogP contribution is -2.17. The summed E-state index contributed by atoms with van der Waals surface area (Å²) in [7, 11) is 0. The van der Waals surface area contributed by atoms with Crippen molar-refractivity contribution in [3.63, 3.8) is 0 Å². The Morgan fingerprint density at radius 1 is 0.619 bits per heavy atom. The highest BCUT2D eigenvalue weighted by molar-refractivity contribution is 5.73. The SMILES string of the molecule is C=CC(C)(C)c1ccc(-c2nc(-c3ccc(C)cc3)nc(-c3ccc(-c4cccc(C(C)(C)CC)c4C)cc3)n2)cc1. The zero-order valence-corrected chi connectivity index (χ0v) is 26.0. The molecule has 0 saturated carbocycles. The molecule has 212 valence electrons. The number of hydrogen-bond donors (Lipinski definition) is 0. The maximum atomic E-state index is 4.96. The highest BCUT2D eigenvalue weighted by Crippen LogP contribution is 2.35. The first kappa shape index (κ1) is 29.1. The first-order valence-electron chi connectivity index (χ1n) is 14.8. The van der Waals surface area contributed by atoms with Crippen LogP contribution < -0.4 is 0 Å². The van der Waals surface area contributed by atoms with Gasteiger partial charge in [-0.1, -0.05) is 137 Å². The molecule has 1 aromatic heterocycles. The number of nitrogens with zero attached hydrogens (tertiary/aromatic N) is 3. The monoisotopic (exact) mass is 551 g/mol. The molecule has 0 radical (unpaired) electrons. The van der Waals surface area contributed by atoms with Crippen molar-refractivity contribution in [3.05, 3.63) is 126 Å². The summed E-state index contributed by atoms with van der Waals surface area (Å²) >= 11 is 0. The molecule has 0 unspecified atom stereocenters. The zero-order chi connectivity index (χ0) is 30.1. The summed E-state index contributed by atoms with van der Waals surface area (Å²) in [6.45, 7) is 19.6. The quantitative estimate of drug-likeness (QED) is 0.180. The molecule has 0 fully saturated rings. The van der Waals surface area contributed by atoms with Gasteiger partial charge in [-0.15, -0.1) is 6.58 Å². The third-order valence-electron chi connectivity index (χ3n) is 8.74. The van der Waals surface area contributed by atoms with Crippen molar-refractivity contribution in [2.24, 2.45) is 0 Å². The van der Waals surface area contributed by atoms with E-state index in [1.54, 1.807) is 0 Å². The lowest BCUT2D eigenvalue weighted by molar-refractivity contribution is 0.503. The Kier molecular flexibility index (Phi) is 7.97. The minimum atomic E-state index is -0.109. The molecule has 3 nitrogen and oxygen atoms in total. The molecular weight excluding hydrogens is 510 g/mol. The lowest BCUT2D eigenvalue weighted by Gasteiger charge is -2.27. The maximum absolute atomic E-state index is 4.96. The van der Waals surface area contributed by atoms with Crippen molar-refractivity contribution < 1.29 is 0 Å². The van der Waals surface area contributed by atoms with Crippen LogP contribution in [0, 0.1) is 13.8 Å². The Balaban J connectivity index is 1.57. The van der Waals surface area contributed by atoms with Crippen molar-refractivity contribution in [1.82, 2.24) is 15.0 Å². The molecule has 1 heterocycles. The summed E-state index contributed by atoms with van der Waals surface area (Å²) in [5, 5.41) is 0. The smallest absolute Gasteiger partial charge is 0.164 e. The number of benzene rings is 4. The average Bonchev–Trinajstić information content (AvgIpc) is 3.01. The van der Waals surface area contributed by atoms with Gasteiger partial charge in [0.05, 0.1) is 0 Å². The Morgan fingerprint density at radius 3 is 1.55 bits per heavy atom. The van der Waals surface area contributed by atoms with Crippen molar-refractivity contribution in [2.75, 3.05) is 0 Å². The number of rotatable bonds is 8. The van der Waals surface area contributed by atoms with Crippen LogP contribution >= 0.6 is 0 Å². The predicted octanol–water partition coefficient (Wildman–Crippen LogP) is 10.3. The molecule has 42 heavy (non-hydrogen) atoms. The summed E-state index contributed by atoms with van der Waals surface area (Å²) in [5.41, 5.74) is 10.5. The standard InChI is InChI=1S/C39H41N3/c1-9-38(5,6)32-24-22-31(23-25-32)37-41-35(29-16-14-26(3)15-17-29)40-36(42-37)30-20-18-28(19-21-30)33-12-11-13-34(27(33)4)39(7,8)10-2/h9,11-25H,1,10H2,2-8H3. The first-order chi connectivity index (χ1) is 20.0. The Bertz CT molecular complexity index is 1710. The van der Waals surface area contributed by atoms with Gasteiger partial charge in [0.2, 0.25) is 0 Å². The molecule has 5 aromatic rings. The minimum absolute atomic E-state index is 0.109. The van der Waals surface area contributed by atoms with E-state index >= 15 is 0 Å². The highest BCUT2D eigenvalue weighted by atomic mass is 15.0. The fourth-order valence-electron chi connectivity index (χ4n) is 5.30. The molecule has 0 amide bonds. The molecule has 0 aliphatic heterocycles. The Hall–Kier alpha value is -4.37. The van der Waals surface area contributed by atoms with Crippen LogP contribution in [-0.2, 0) is 10.8 Å². The second kappa shape index (κ2) is 11.5. The summed E-state index contributed by atoms with van der Waals surface area (Å²) in [6, 6.07) is 32.1. The number of hydrogen-bond acceptors (Lipinski definition) is 3. The van der Waals surface area contributed by atoms with Crippen molar-refractivity contribution in [2.45, 2.75) is 65.7 Å².